The van der Waals surface area contributed by atoms with Gasteiger partial charge in [-0.15, -0.1) is 0 Å². The van der Waals surface area contributed by atoms with Gasteiger partial charge in [0, 0.05) is 36.5 Å². The van der Waals surface area contributed by atoms with Crippen LogP contribution in [-0.2, 0) is 0 Å². The maximum atomic E-state index is 13.2. The second-order valence-corrected chi connectivity index (χ2v) is 8.15. The van der Waals surface area contributed by atoms with E-state index in [0.29, 0.717) is 26.8 Å². The van der Waals surface area contributed by atoms with Crippen LogP contribution in [0.25, 0.3) is 11.3 Å². The highest BCUT2D eigenvalue weighted by Gasteiger charge is 2.22. The van der Waals surface area contributed by atoms with Crippen LogP contribution in [-0.4, -0.2) is 30.8 Å². The van der Waals surface area contributed by atoms with Gasteiger partial charge in [0.05, 0.1) is 5.69 Å². The monoisotopic (exact) mass is 427 g/mol. The fourth-order valence-electron chi connectivity index (χ4n) is 3.12. The number of thiazole rings is 1. The predicted octanol–water partition coefficient (Wildman–Crippen LogP) is 5.36. The summed E-state index contributed by atoms with van der Waals surface area (Å²) in [4.78, 5) is 33.0. The average Bonchev–Trinajstić information content (AvgIpc) is 3.23. The molecule has 154 valence electrons. The van der Waals surface area contributed by atoms with Crippen molar-refractivity contribution in [2.24, 2.45) is 0 Å². The van der Waals surface area contributed by atoms with Crippen LogP contribution in [0.5, 0.6) is 0 Å². The first-order valence-electron chi connectivity index (χ1n) is 9.77. The van der Waals surface area contributed by atoms with E-state index in [9.17, 15) is 9.59 Å². The molecule has 5 nitrogen and oxygen atoms in total. The van der Waals surface area contributed by atoms with Crippen LogP contribution in [0.4, 0.5) is 10.8 Å². The minimum absolute atomic E-state index is 0.118. The summed E-state index contributed by atoms with van der Waals surface area (Å²) in [6.45, 7) is 0. The predicted molar refractivity (Wildman–Crippen MR) is 126 cm³/mol. The molecule has 4 rings (SSSR count). The molecule has 0 aliphatic rings. The minimum Gasteiger partial charge on any atom is -0.378 e. The topological polar surface area (TPSA) is 62.3 Å². The summed E-state index contributed by atoms with van der Waals surface area (Å²) < 4.78 is 0. The Morgan fingerprint density at radius 3 is 2.03 bits per heavy atom. The van der Waals surface area contributed by atoms with Crippen molar-refractivity contribution < 1.29 is 9.59 Å². The van der Waals surface area contributed by atoms with E-state index < -0.39 is 0 Å². The van der Waals surface area contributed by atoms with Crippen LogP contribution in [0.1, 0.15) is 25.6 Å². The zero-order valence-electron chi connectivity index (χ0n) is 17.2. The van der Waals surface area contributed by atoms with Gasteiger partial charge in [-0.3, -0.25) is 14.9 Å². The van der Waals surface area contributed by atoms with Crippen LogP contribution in [0, 0.1) is 0 Å². The second kappa shape index (κ2) is 8.93. The summed E-state index contributed by atoms with van der Waals surface area (Å²) >= 11 is 1.19. The molecule has 1 heterocycles. The molecule has 0 spiro atoms. The van der Waals surface area contributed by atoms with Gasteiger partial charge in [-0.05, 0) is 24.3 Å². The van der Waals surface area contributed by atoms with Gasteiger partial charge in [0.2, 0.25) is 5.78 Å². The van der Waals surface area contributed by atoms with Gasteiger partial charge in [-0.1, -0.05) is 72.0 Å². The van der Waals surface area contributed by atoms with Crippen molar-refractivity contribution in [2.75, 3.05) is 24.3 Å². The number of carbonyl (C=O) groups is 2. The molecule has 3 aromatic carbocycles. The quantitative estimate of drug-likeness (QED) is 0.421. The maximum Gasteiger partial charge on any atom is 0.257 e. The van der Waals surface area contributed by atoms with Crippen LogP contribution in [0.3, 0.4) is 0 Å². The first-order valence-corrected chi connectivity index (χ1v) is 10.6. The first-order chi connectivity index (χ1) is 15.0. The number of carbonyl (C=O) groups excluding carboxylic acids is 2. The van der Waals surface area contributed by atoms with E-state index in [-0.39, 0.29) is 11.7 Å². The Bertz CT molecular complexity index is 1200. The molecule has 1 N–H and O–H groups in total. The smallest absolute Gasteiger partial charge is 0.257 e. The Hall–Kier alpha value is -3.77. The van der Waals surface area contributed by atoms with Crippen LogP contribution < -0.4 is 10.2 Å². The highest BCUT2D eigenvalue weighted by molar-refractivity contribution is 7.18. The van der Waals surface area contributed by atoms with Crippen molar-refractivity contribution in [1.82, 2.24) is 4.98 Å². The number of hydrogen-bond acceptors (Lipinski definition) is 5. The van der Waals surface area contributed by atoms with Gasteiger partial charge >= 0.3 is 0 Å². The van der Waals surface area contributed by atoms with Crippen molar-refractivity contribution in [3.05, 3.63) is 101 Å². The summed E-state index contributed by atoms with van der Waals surface area (Å²) in [5.74, 6) is -0.384. The summed E-state index contributed by atoms with van der Waals surface area (Å²) in [5.41, 5.74) is 3.51. The highest BCUT2D eigenvalue weighted by Crippen LogP contribution is 2.33. The molecular weight excluding hydrogens is 406 g/mol. The highest BCUT2D eigenvalue weighted by atomic mass is 32.1. The summed E-state index contributed by atoms with van der Waals surface area (Å²) in [6, 6.07) is 25.9. The van der Waals surface area contributed by atoms with Crippen molar-refractivity contribution in [3.63, 3.8) is 0 Å². The molecule has 6 heteroatoms. The molecule has 0 aliphatic heterocycles. The normalized spacial score (nSPS) is 10.5. The van der Waals surface area contributed by atoms with Gasteiger partial charge in [0.1, 0.15) is 4.88 Å². The van der Waals surface area contributed by atoms with Crippen molar-refractivity contribution in [3.8, 4) is 11.3 Å². The molecule has 1 amide bonds. The Kier molecular flexibility index (Phi) is 5.91. The van der Waals surface area contributed by atoms with E-state index in [2.05, 4.69) is 10.3 Å². The van der Waals surface area contributed by atoms with E-state index in [4.69, 9.17) is 0 Å². The number of ketones is 1. The number of nitrogens with one attached hydrogen (secondary N) is 1. The van der Waals surface area contributed by atoms with E-state index in [1.807, 2.05) is 79.7 Å². The molecule has 0 fully saturated rings. The SMILES string of the molecule is CN(C)c1ccc(C(=O)Nc2nc(-c3ccccc3)c(C(=O)c3ccccc3)s2)cc1. The molecule has 0 unspecified atom stereocenters. The summed E-state index contributed by atoms with van der Waals surface area (Å²) in [7, 11) is 3.89. The third-order valence-corrected chi connectivity index (χ3v) is 5.75. The third kappa shape index (κ3) is 4.54. The van der Waals surface area contributed by atoms with Gasteiger partial charge in [-0.25, -0.2) is 4.98 Å². The summed E-state index contributed by atoms with van der Waals surface area (Å²) in [6.07, 6.45) is 0. The van der Waals surface area contributed by atoms with Crippen LogP contribution in [0.15, 0.2) is 84.9 Å². The van der Waals surface area contributed by atoms with Gasteiger partial charge < -0.3 is 4.90 Å². The summed E-state index contributed by atoms with van der Waals surface area (Å²) in [5, 5.41) is 3.24. The fourth-order valence-corrected chi connectivity index (χ4v) is 4.06. The molecule has 0 radical (unpaired) electrons. The first kappa shape index (κ1) is 20.5. The molecule has 31 heavy (non-hydrogen) atoms. The zero-order chi connectivity index (χ0) is 21.8. The van der Waals surface area contributed by atoms with Crippen molar-refractivity contribution in [1.29, 1.82) is 0 Å². The number of amides is 1. The number of benzene rings is 3. The molecule has 0 atom stereocenters. The van der Waals surface area contributed by atoms with Crippen molar-refractivity contribution in [2.45, 2.75) is 0 Å². The zero-order valence-corrected chi connectivity index (χ0v) is 18.0. The number of aromatic nitrogens is 1. The van der Waals surface area contributed by atoms with E-state index >= 15 is 0 Å². The largest absolute Gasteiger partial charge is 0.378 e. The Morgan fingerprint density at radius 1 is 0.806 bits per heavy atom. The molecule has 0 saturated carbocycles. The average molecular weight is 428 g/mol. The van der Waals surface area contributed by atoms with Crippen molar-refractivity contribution >= 4 is 33.8 Å². The molecule has 1 aromatic heterocycles. The third-order valence-electron chi connectivity index (χ3n) is 4.78. The molecular formula is C25H21N3O2S. The lowest BCUT2D eigenvalue weighted by Gasteiger charge is -2.12. The second-order valence-electron chi connectivity index (χ2n) is 7.15. The minimum atomic E-state index is -0.266. The van der Waals surface area contributed by atoms with E-state index in [1.165, 1.54) is 11.3 Å². The van der Waals surface area contributed by atoms with Gasteiger partial charge in [0.15, 0.2) is 5.13 Å². The Morgan fingerprint density at radius 2 is 1.42 bits per heavy atom. The number of hydrogen-bond donors (Lipinski definition) is 1. The van der Waals surface area contributed by atoms with Crippen LogP contribution >= 0.6 is 11.3 Å². The standard InChI is InChI=1S/C25H21N3O2S/c1-28(2)20-15-13-19(14-16-20)24(30)27-25-26-21(17-9-5-3-6-10-17)23(31-25)22(29)18-11-7-4-8-12-18/h3-16H,1-2H3,(H,26,27,30). The number of rotatable bonds is 6. The van der Waals surface area contributed by atoms with E-state index in [0.717, 1.165) is 11.3 Å². The lowest BCUT2D eigenvalue weighted by molar-refractivity contribution is 0.102. The van der Waals surface area contributed by atoms with Gasteiger partial charge in [0.25, 0.3) is 5.91 Å². The number of nitrogens with zero attached hydrogens (tertiary/aromatic N) is 2. The molecule has 4 aromatic rings. The van der Waals surface area contributed by atoms with E-state index in [1.54, 1.807) is 24.3 Å². The fraction of sp³-hybridized carbons (Fsp3) is 0.0800. The Labute approximate surface area is 185 Å². The molecule has 0 bridgehead atoms. The lowest BCUT2D eigenvalue weighted by atomic mass is 10.1. The van der Waals surface area contributed by atoms with Gasteiger partial charge in [-0.2, -0.15) is 0 Å². The molecule has 0 aliphatic carbocycles. The lowest BCUT2D eigenvalue weighted by Crippen LogP contribution is -2.13. The number of anilines is 2. The maximum absolute atomic E-state index is 13.2. The molecule has 0 saturated heterocycles. The Balaban J connectivity index is 1.66. The van der Waals surface area contributed by atoms with Crippen LogP contribution in [0.2, 0.25) is 0 Å².